The summed E-state index contributed by atoms with van der Waals surface area (Å²) in [5, 5.41) is 19.5. The molecule has 0 bridgehead atoms. The molecule has 0 saturated carbocycles. The third kappa shape index (κ3) is 2.27. The molecule has 0 radical (unpaired) electrons. The summed E-state index contributed by atoms with van der Waals surface area (Å²) in [6.07, 6.45) is 3.59. The van der Waals surface area contributed by atoms with E-state index in [1.807, 2.05) is 0 Å². The number of nitrogens with one attached hydrogen (secondary N) is 1. The lowest BCUT2D eigenvalue weighted by atomic mass is 10.2. The Kier molecular flexibility index (Phi) is 2.70. The molecule has 0 fully saturated rings. The number of aliphatic hydroxyl groups is 2. The summed E-state index contributed by atoms with van der Waals surface area (Å²) in [5.41, 5.74) is 1.28. The van der Waals surface area contributed by atoms with Gasteiger partial charge in [-0.1, -0.05) is 12.0 Å². The van der Waals surface area contributed by atoms with Gasteiger partial charge < -0.3 is 15.5 Å². The highest BCUT2D eigenvalue weighted by Crippen LogP contribution is 2.09. The molecule has 1 aromatic rings. The second-order valence-corrected chi connectivity index (χ2v) is 2.24. The Balaban J connectivity index is 2.81. The molecule has 0 aliphatic heterocycles. The molecule has 0 unspecified atom stereocenters. The highest BCUT2D eigenvalue weighted by atomic mass is 16.5. The maximum atomic E-state index is 8.56. The fourth-order valence-corrected chi connectivity index (χ4v) is 0.848. The van der Waals surface area contributed by atoms with Crippen LogP contribution in [0.4, 0.5) is 5.69 Å². The van der Waals surface area contributed by atoms with Crippen molar-refractivity contribution in [1.82, 2.24) is 0 Å². The molecule has 0 saturated heterocycles. The second-order valence-electron chi connectivity index (χ2n) is 2.24. The minimum atomic E-state index is -1.56. The Morgan fingerprint density at radius 1 is 1.42 bits per heavy atom. The van der Waals surface area contributed by atoms with E-state index in [9.17, 15) is 0 Å². The Morgan fingerprint density at radius 2 is 2.17 bits per heavy atom. The molecular weight excluding hydrogens is 154 g/mol. The Hall–Kier alpha value is -1.50. The van der Waals surface area contributed by atoms with Crippen molar-refractivity contribution in [3.63, 3.8) is 0 Å². The molecule has 1 rings (SSSR count). The topological polar surface area (TPSA) is 52.5 Å². The molecule has 0 heterocycles. The van der Waals surface area contributed by atoms with Gasteiger partial charge in [-0.15, -0.1) is 6.42 Å². The fourth-order valence-electron chi connectivity index (χ4n) is 0.848. The molecule has 0 aromatic heterocycles. The van der Waals surface area contributed by atoms with Gasteiger partial charge in [0.05, 0.1) is 0 Å². The number of benzene rings is 1. The molecule has 0 amide bonds. The lowest BCUT2D eigenvalue weighted by Gasteiger charge is -2.07. The zero-order valence-corrected chi connectivity index (χ0v) is 6.36. The van der Waals surface area contributed by atoms with Crippen LogP contribution >= 0.6 is 0 Å². The first-order chi connectivity index (χ1) is 5.72. The van der Waals surface area contributed by atoms with Crippen LogP contribution in [0.3, 0.4) is 0 Å². The van der Waals surface area contributed by atoms with Gasteiger partial charge in [-0.25, -0.2) is 0 Å². The summed E-state index contributed by atoms with van der Waals surface area (Å²) in [5.74, 6) is 2.44. The van der Waals surface area contributed by atoms with E-state index in [-0.39, 0.29) is 0 Å². The Bertz CT molecular complexity index is 302. The highest BCUT2D eigenvalue weighted by Gasteiger charge is 1.96. The third-order valence-electron chi connectivity index (χ3n) is 1.33. The number of hydrogen-bond donors (Lipinski definition) is 3. The van der Waals surface area contributed by atoms with E-state index in [1.165, 1.54) is 0 Å². The van der Waals surface area contributed by atoms with E-state index in [0.717, 1.165) is 0 Å². The van der Waals surface area contributed by atoms with Crippen LogP contribution in [-0.4, -0.2) is 16.6 Å². The number of aliphatic hydroxyl groups excluding tert-OH is 1. The Labute approximate surface area is 70.7 Å². The number of terminal acetylenes is 1. The largest absolute Gasteiger partial charge is 0.351 e. The van der Waals surface area contributed by atoms with E-state index in [4.69, 9.17) is 16.6 Å². The average molecular weight is 163 g/mol. The molecule has 3 heteroatoms. The quantitative estimate of drug-likeness (QED) is 0.435. The van der Waals surface area contributed by atoms with Crippen LogP contribution in [0.1, 0.15) is 5.56 Å². The van der Waals surface area contributed by atoms with Gasteiger partial charge in [0.2, 0.25) is 6.41 Å². The van der Waals surface area contributed by atoms with Crippen LogP contribution in [-0.2, 0) is 0 Å². The van der Waals surface area contributed by atoms with E-state index in [0.29, 0.717) is 11.3 Å². The predicted octanol–water partition coefficient (Wildman–Crippen LogP) is 0.348. The predicted molar refractivity (Wildman–Crippen MR) is 46.2 cm³/mol. The monoisotopic (exact) mass is 163 g/mol. The summed E-state index contributed by atoms with van der Waals surface area (Å²) < 4.78 is 0. The van der Waals surface area contributed by atoms with Crippen molar-refractivity contribution in [2.45, 2.75) is 6.41 Å². The zero-order chi connectivity index (χ0) is 8.97. The Morgan fingerprint density at radius 3 is 2.75 bits per heavy atom. The van der Waals surface area contributed by atoms with Gasteiger partial charge in [0, 0.05) is 11.3 Å². The van der Waals surface area contributed by atoms with Crippen LogP contribution in [0.2, 0.25) is 0 Å². The van der Waals surface area contributed by atoms with Gasteiger partial charge in [0.25, 0.3) is 0 Å². The minimum Gasteiger partial charge on any atom is -0.351 e. The van der Waals surface area contributed by atoms with E-state index in [2.05, 4.69) is 11.2 Å². The lowest BCUT2D eigenvalue weighted by Crippen LogP contribution is -2.16. The van der Waals surface area contributed by atoms with Gasteiger partial charge in [-0.3, -0.25) is 0 Å². The van der Waals surface area contributed by atoms with Crippen LogP contribution in [0.25, 0.3) is 0 Å². The van der Waals surface area contributed by atoms with Gasteiger partial charge in [0.15, 0.2) is 0 Å². The fraction of sp³-hybridized carbons (Fsp3) is 0.111. The minimum absolute atomic E-state index is 0.584. The zero-order valence-electron chi connectivity index (χ0n) is 6.36. The first-order valence-electron chi connectivity index (χ1n) is 3.42. The molecule has 12 heavy (non-hydrogen) atoms. The number of anilines is 1. The summed E-state index contributed by atoms with van der Waals surface area (Å²) in [6.45, 7) is 0. The normalized spacial score (nSPS) is 9.50. The average Bonchev–Trinajstić information content (AvgIpc) is 2.03. The van der Waals surface area contributed by atoms with Gasteiger partial charge in [-0.2, -0.15) is 0 Å². The van der Waals surface area contributed by atoms with Crippen LogP contribution in [0.15, 0.2) is 24.3 Å². The van der Waals surface area contributed by atoms with Crippen molar-refractivity contribution in [2.24, 2.45) is 0 Å². The van der Waals surface area contributed by atoms with Gasteiger partial charge in [0.1, 0.15) is 0 Å². The SMILES string of the molecule is C#Cc1cccc(NC(O)O)c1. The number of hydrogen-bond acceptors (Lipinski definition) is 3. The third-order valence-corrected chi connectivity index (χ3v) is 1.33. The van der Waals surface area contributed by atoms with Gasteiger partial charge in [-0.05, 0) is 18.2 Å². The summed E-state index contributed by atoms with van der Waals surface area (Å²) >= 11 is 0. The van der Waals surface area contributed by atoms with Crippen molar-refractivity contribution in [2.75, 3.05) is 5.32 Å². The van der Waals surface area contributed by atoms with Gasteiger partial charge >= 0.3 is 0 Å². The maximum absolute atomic E-state index is 8.56. The summed E-state index contributed by atoms with van der Waals surface area (Å²) in [6, 6.07) is 6.84. The number of rotatable bonds is 2. The molecule has 3 nitrogen and oxygen atoms in total. The van der Waals surface area contributed by atoms with E-state index >= 15 is 0 Å². The summed E-state index contributed by atoms with van der Waals surface area (Å²) in [7, 11) is 0. The molecule has 0 aliphatic carbocycles. The van der Waals surface area contributed by atoms with Crippen molar-refractivity contribution in [1.29, 1.82) is 0 Å². The summed E-state index contributed by atoms with van der Waals surface area (Å²) in [4.78, 5) is 0. The highest BCUT2D eigenvalue weighted by molar-refractivity contribution is 5.49. The van der Waals surface area contributed by atoms with E-state index in [1.54, 1.807) is 24.3 Å². The first kappa shape index (κ1) is 8.60. The molecule has 0 aliphatic rings. The second kappa shape index (κ2) is 3.77. The molecule has 0 atom stereocenters. The van der Waals surface area contributed by atoms with E-state index < -0.39 is 6.41 Å². The van der Waals surface area contributed by atoms with Crippen molar-refractivity contribution < 1.29 is 10.2 Å². The first-order valence-corrected chi connectivity index (χ1v) is 3.42. The molecule has 3 N–H and O–H groups in total. The molecule has 0 spiro atoms. The van der Waals surface area contributed by atoms with Crippen LogP contribution in [0, 0.1) is 12.3 Å². The van der Waals surface area contributed by atoms with Crippen LogP contribution < -0.4 is 5.32 Å². The standard InChI is InChI=1S/C9H9NO2/c1-2-7-4-3-5-8(6-7)10-9(11)12/h1,3-6,9-12H. The smallest absolute Gasteiger partial charge is 0.232 e. The molecule has 1 aromatic carbocycles. The van der Waals surface area contributed by atoms with Crippen molar-refractivity contribution in [3.8, 4) is 12.3 Å². The van der Waals surface area contributed by atoms with Crippen molar-refractivity contribution >= 4 is 5.69 Å². The molecular formula is C9H9NO2. The van der Waals surface area contributed by atoms with Crippen molar-refractivity contribution in [3.05, 3.63) is 29.8 Å². The molecule has 62 valence electrons. The van der Waals surface area contributed by atoms with Crippen LogP contribution in [0.5, 0.6) is 0 Å². The maximum Gasteiger partial charge on any atom is 0.232 e. The lowest BCUT2D eigenvalue weighted by molar-refractivity contribution is -0.0147.